The third-order valence-corrected chi connectivity index (χ3v) is 10.3. The summed E-state index contributed by atoms with van der Waals surface area (Å²) in [5.41, 5.74) is 1.63. The maximum absolute atomic E-state index is 13.5. The Morgan fingerprint density at radius 2 is 1.50 bits per heavy atom. The lowest BCUT2D eigenvalue weighted by atomic mass is 10.1. The van der Waals surface area contributed by atoms with Gasteiger partial charge in [-0.3, -0.25) is 4.79 Å². The standard InChI is InChI=1S/C28H33N3O7S2/c1-37-25-9-13-27(14-10-25)40(35,36)31(16-15-23-5-3-2-4-6-23)22-28(32)29-21-24-7-11-26(12-8-24)39(33,34)30-17-19-38-20-18-30/h2-14H,15-22H2,1H3,(H,29,32). The molecule has 1 saturated heterocycles. The Labute approximate surface area is 235 Å². The van der Waals surface area contributed by atoms with Crippen LogP contribution in [0.1, 0.15) is 11.1 Å². The lowest BCUT2D eigenvalue weighted by Crippen LogP contribution is -2.41. The molecule has 0 atom stereocenters. The molecule has 214 valence electrons. The van der Waals surface area contributed by atoms with Crippen molar-refractivity contribution in [3.05, 3.63) is 90.0 Å². The summed E-state index contributed by atoms with van der Waals surface area (Å²) in [6, 6.07) is 21.8. The molecule has 10 nitrogen and oxygen atoms in total. The molecule has 1 amide bonds. The highest BCUT2D eigenvalue weighted by molar-refractivity contribution is 7.89. The van der Waals surface area contributed by atoms with Gasteiger partial charge in [0.1, 0.15) is 5.75 Å². The average Bonchev–Trinajstić information content (AvgIpc) is 2.99. The van der Waals surface area contributed by atoms with Crippen molar-refractivity contribution in [2.24, 2.45) is 0 Å². The monoisotopic (exact) mass is 587 g/mol. The summed E-state index contributed by atoms with van der Waals surface area (Å²) in [6.45, 7) is 1.19. The van der Waals surface area contributed by atoms with Crippen LogP contribution in [0, 0.1) is 0 Å². The van der Waals surface area contributed by atoms with Crippen molar-refractivity contribution in [3.8, 4) is 5.75 Å². The number of hydrogen-bond acceptors (Lipinski definition) is 7. The minimum absolute atomic E-state index is 0.0613. The smallest absolute Gasteiger partial charge is 0.243 e. The van der Waals surface area contributed by atoms with Gasteiger partial charge in [-0.25, -0.2) is 16.8 Å². The number of rotatable bonds is 12. The normalized spacial score (nSPS) is 14.7. The van der Waals surface area contributed by atoms with Gasteiger partial charge in [0.2, 0.25) is 26.0 Å². The van der Waals surface area contributed by atoms with Gasteiger partial charge in [-0.2, -0.15) is 8.61 Å². The summed E-state index contributed by atoms with van der Waals surface area (Å²) in [4.78, 5) is 13.1. The van der Waals surface area contributed by atoms with E-state index in [4.69, 9.17) is 9.47 Å². The predicted molar refractivity (Wildman–Crippen MR) is 150 cm³/mol. The molecule has 0 aliphatic carbocycles. The van der Waals surface area contributed by atoms with Gasteiger partial charge in [-0.05, 0) is 53.9 Å². The highest BCUT2D eigenvalue weighted by atomic mass is 32.2. The van der Waals surface area contributed by atoms with Crippen LogP contribution < -0.4 is 10.1 Å². The van der Waals surface area contributed by atoms with Crippen LogP contribution in [0.25, 0.3) is 0 Å². The first-order valence-electron chi connectivity index (χ1n) is 12.8. The van der Waals surface area contributed by atoms with Crippen molar-refractivity contribution < 1.29 is 31.1 Å². The quantitative estimate of drug-likeness (QED) is 0.345. The summed E-state index contributed by atoms with van der Waals surface area (Å²) in [5.74, 6) is 0.0476. The highest BCUT2D eigenvalue weighted by Gasteiger charge is 2.28. The number of amides is 1. The van der Waals surface area contributed by atoms with E-state index >= 15 is 0 Å². The van der Waals surface area contributed by atoms with E-state index < -0.39 is 26.0 Å². The van der Waals surface area contributed by atoms with E-state index in [0.29, 0.717) is 44.0 Å². The SMILES string of the molecule is COc1ccc(S(=O)(=O)N(CCc2ccccc2)CC(=O)NCc2ccc(S(=O)(=O)N3CCOCC3)cc2)cc1. The zero-order chi connectivity index (χ0) is 28.6. The number of ether oxygens (including phenoxy) is 2. The van der Waals surface area contributed by atoms with E-state index in [1.54, 1.807) is 24.3 Å². The molecule has 40 heavy (non-hydrogen) atoms. The molecule has 0 radical (unpaired) electrons. The number of nitrogens with zero attached hydrogens (tertiary/aromatic N) is 2. The van der Waals surface area contributed by atoms with E-state index in [1.807, 2.05) is 30.3 Å². The minimum Gasteiger partial charge on any atom is -0.497 e. The second-order valence-electron chi connectivity index (χ2n) is 9.19. The molecule has 4 rings (SSSR count). The van der Waals surface area contributed by atoms with Gasteiger partial charge in [0.05, 0.1) is 36.7 Å². The molecule has 1 heterocycles. The Hall–Kier alpha value is -3.29. The topological polar surface area (TPSA) is 122 Å². The van der Waals surface area contributed by atoms with Gasteiger partial charge in [-0.15, -0.1) is 0 Å². The van der Waals surface area contributed by atoms with Crippen molar-refractivity contribution in [1.29, 1.82) is 0 Å². The van der Waals surface area contributed by atoms with E-state index in [1.165, 1.54) is 35.7 Å². The van der Waals surface area contributed by atoms with Gasteiger partial charge >= 0.3 is 0 Å². The summed E-state index contributed by atoms with van der Waals surface area (Å²) in [7, 11) is -6.09. The maximum Gasteiger partial charge on any atom is 0.243 e. The number of methoxy groups -OCH3 is 1. The van der Waals surface area contributed by atoms with Crippen LogP contribution in [0.4, 0.5) is 0 Å². The van der Waals surface area contributed by atoms with Crippen LogP contribution in [-0.2, 0) is 42.5 Å². The Kier molecular flexibility index (Phi) is 9.93. The zero-order valence-electron chi connectivity index (χ0n) is 22.2. The van der Waals surface area contributed by atoms with Crippen molar-refractivity contribution in [2.75, 3.05) is 46.5 Å². The van der Waals surface area contributed by atoms with Gasteiger partial charge in [0.25, 0.3) is 0 Å². The Bertz CT molecular complexity index is 1470. The third-order valence-electron chi connectivity index (χ3n) is 6.53. The first-order valence-corrected chi connectivity index (χ1v) is 15.7. The highest BCUT2D eigenvalue weighted by Crippen LogP contribution is 2.21. The fourth-order valence-corrected chi connectivity index (χ4v) is 7.02. The van der Waals surface area contributed by atoms with Gasteiger partial charge < -0.3 is 14.8 Å². The van der Waals surface area contributed by atoms with E-state index in [0.717, 1.165) is 9.87 Å². The molecule has 1 aliphatic heterocycles. The van der Waals surface area contributed by atoms with Crippen LogP contribution in [0.3, 0.4) is 0 Å². The number of hydrogen-bond donors (Lipinski definition) is 1. The second-order valence-corrected chi connectivity index (χ2v) is 13.1. The van der Waals surface area contributed by atoms with Crippen molar-refractivity contribution >= 4 is 26.0 Å². The largest absolute Gasteiger partial charge is 0.497 e. The summed E-state index contributed by atoms with van der Waals surface area (Å²) in [6.07, 6.45) is 0.433. The molecule has 1 N–H and O–H groups in total. The summed E-state index contributed by atoms with van der Waals surface area (Å²) < 4.78 is 65.5. The molecule has 0 spiro atoms. The van der Waals surface area contributed by atoms with Crippen LogP contribution in [-0.4, -0.2) is 77.9 Å². The number of morpholine rings is 1. The number of sulfonamides is 2. The first-order chi connectivity index (χ1) is 19.2. The number of carbonyl (C=O) groups excluding carboxylic acids is 1. The fraction of sp³-hybridized carbons (Fsp3) is 0.321. The molecule has 3 aromatic rings. The molecule has 0 bridgehead atoms. The Morgan fingerprint density at radius 1 is 0.875 bits per heavy atom. The fourth-order valence-electron chi connectivity index (χ4n) is 4.21. The second kappa shape index (κ2) is 13.4. The Morgan fingerprint density at radius 3 is 2.12 bits per heavy atom. The van der Waals surface area contributed by atoms with Crippen molar-refractivity contribution in [2.45, 2.75) is 22.8 Å². The molecule has 1 fully saturated rings. The van der Waals surface area contributed by atoms with E-state index in [9.17, 15) is 21.6 Å². The number of carbonyl (C=O) groups is 1. The van der Waals surface area contributed by atoms with Crippen LogP contribution in [0.15, 0.2) is 88.7 Å². The summed E-state index contributed by atoms with van der Waals surface area (Å²) in [5, 5.41) is 2.75. The van der Waals surface area contributed by atoms with Gasteiger partial charge in [0, 0.05) is 26.2 Å². The molecule has 0 unspecified atom stereocenters. The Balaban J connectivity index is 1.42. The molecule has 0 saturated carbocycles. The molecular formula is C28H33N3O7S2. The maximum atomic E-state index is 13.5. The van der Waals surface area contributed by atoms with Crippen LogP contribution in [0.2, 0.25) is 0 Å². The molecule has 3 aromatic carbocycles. The average molecular weight is 588 g/mol. The van der Waals surface area contributed by atoms with E-state index in [-0.39, 0.29) is 29.4 Å². The van der Waals surface area contributed by atoms with E-state index in [2.05, 4.69) is 5.32 Å². The predicted octanol–water partition coefficient (Wildman–Crippen LogP) is 2.27. The first kappa shape index (κ1) is 29.7. The third kappa shape index (κ3) is 7.46. The van der Waals surface area contributed by atoms with Crippen LogP contribution in [0.5, 0.6) is 5.75 Å². The number of benzene rings is 3. The van der Waals surface area contributed by atoms with Crippen molar-refractivity contribution in [1.82, 2.24) is 13.9 Å². The van der Waals surface area contributed by atoms with Crippen molar-refractivity contribution in [3.63, 3.8) is 0 Å². The molecule has 1 aliphatic rings. The molecular weight excluding hydrogens is 554 g/mol. The zero-order valence-corrected chi connectivity index (χ0v) is 23.9. The number of nitrogens with one attached hydrogen (secondary N) is 1. The molecule has 0 aromatic heterocycles. The molecule has 12 heteroatoms. The summed E-state index contributed by atoms with van der Waals surface area (Å²) >= 11 is 0. The lowest BCUT2D eigenvalue weighted by molar-refractivity contribution is -0.121. The van der Waals surface area contributed by atoms with Gasteiger partial charge in [0.15, 0.2) is 0 Å². The lowest BCUT2D eigenvalue weighted by Gasteiger charge is -2.26. The van der Waals surface area contributed by atoms with Crippen LogP contribution >= 0.6 is 0 Å². The minimum atomic E-state index is -3.97. The van der Waals surface area contributed by atoms with Gasteiger partial charge in [-0.1, -0.05) is 42.5 Å².